The maximum absolute atomic E-state index is 13.2. The highest BCUT2D eigenvalue weighted by Gasteiger charge is 2.16. The molecule has 1 amide bonds. The van der Waals surface area contributed by atoms with Crippen LogP contribution in [0.5, 0.6) is 0 Å². The third-order valence-corrected chi connectivity index (χ3v) is 1.73. The first-order valence-electron chi connectivity index (χ1n) is 4.05. The van der Waals surface area contributed by atoms with Crippen molar-refractivity contribution in [1.82, 2.24) is 5.48 Å². The second-order valence-electron chi connectivity index (χ2n) is 2.75. The van der Waals surface area contributed by atoms with Gasteiger partial charge in [0.2, 0.25) is 0 Å². The van der Waals surface area contributed by atoms with Crippen molar-refractivity contribution in [2.24, 2.45) is 0 Å². The minimum Gasteiger partial charge on any atom is -0.423 e. The van der Waals surface area contributed by atoms with Crippen LogP contribution < -0.4 is 10.9 Å². The molecule has 0 fully saturated rings. The predicted octanol–water partition coefficient (Wildman–Crippen LogP) is -1.20. The fraction of sp³-hybridized carbons (Fsp3) is 0.125. The molecule has 0 radical (unpaired) electrons. The molecule has 1 rings (SSSR count). The normalized spacial score (nSPS) is 9.87. The third-order valence-electron chi connectivity index (χ3n) is 1.73. The van der Waals surface area contributed by atoms with Crippen LogP contribution in [-0.4, -0.2) is 30.2 Å². The van der Waals surface area contributed by atoms with Crippen molar-refractivity contribution in [2.45, 2.75) is 0 Å². The Morgan fingerprint density at radius 1 is 1.53 bits per heavy atom. The average Bonchev–Trinajstić information content (AvgIpc) is 2.17. The second kappa shape index (κ2) is 4.88. The van der Waals surface area contributed by atoms with Gasteiger partial charge in [-0.05, 0) is 17.6 Å². The summed E-state index contributed by atoms with van der Waals surface area (Å²) in [6, 6.07) is 3.24. The molecule has 0 aliphatic carbocycles. The van der Waals surface area contributed by atoms with Crippen molar-refractivity contribution in [1.29, 1.82) is 0 Å². The summed E-state index contributed by atoms with van der Waals surface area (Å²) in [7, 11) is -0.541. The lowest BCUT2D eigenvalue weighted by atomic mass is 9.80. The molecule has 0 bridgehead atoms. The van der Waals surface area contributed by atoms with Gasteiger partial charge in [-0.1, -0.05) is 6.07 Å². The van der Waals surface area contributed by atoms with Crippen molar-refractivity contribution in [3.8, 4) is 0 Å². The number of carbonyl (C=O) groups excluding carboxylic acids is 1. The maximum Gasteiger partial charge on any atom is 0.488 e. The van der Waals surface area contributed by atoms with Gasteiger partial charge in [0.05, 0.1) is 12.7 Å². The van der Waals surface area contributed by atoms with Crippen LogP contribution in [0.1, 0.15) is 10.4 Å². The van der Waals surface area contributed by atoms with Crippen LogP contribution >= 0.6 is 0 Å². The number of nitrogens with one attached hydrogen (secondary N) is 1. The van der Waals surface area contributed by atoms with Crippen molar-refractivity contribution >= 4 is 18.5 Å². The minimum atomic E-state index is -1.76. The van der Waals surface area contributed by atoms with E-state index in [2.05, 4.69) is 4.84 Å². The largest absolute Gasteiger partial charge is 0.488 e. The van der Waals surface area contributed by atoms with Crippen LogP contribution in [0.2, 0.25) is 0 Å². The fourth-order valence-electron chi connectivity index (χ4n) is 1.02. The van der Waals surface area contributed by atoms with Gasteiger partial charge in [0.25, 0.3) is 5.91 Å². The van der Waals surface area contributed by atoms with Gasteiger partial charge in [0.1, 0.15) is 5.82 Å². The first-order chi connectivity index (χ1) is 7.06. The Hall–Kier alpha value is -1.44. The molecular formula is C8H9BFNO4. The van der Waals surface area contributed by atoms with E-state index in [4.69, 9.17) is 10.0 Å². The number of benzene rings is 1. The van der Waals surface area contributed by atoms with Gasteiger partial charge < -0.3 is 10.0 Å². The van der Waals surface area contributed by atoms with E-state index in [1.54, 1.807) is 0 Å². The molecule has 0 saturated heterocycles. The van der Waals surface area contributed by atoms with E-state index < -0.39 is 18.8 Å². The molecule has 1 aromatic carbocycles. The van der Waals surface area contributed by atoms with Crippen LogP contribution in [0.3, 0.4) is 0 Å². The Bertz CT molecular complexity index is 372. The smallest absolute Gasteiger partial charge is 0.423 e. The molecule has 0 aliphatic rings. The average molecular weight is 213 g/mol. The zero-order valence-corrected chi connectivity index (χ0v) is 7.90. The summed E-state index contributed by atoms with van der Waals surface area (Å²) in [5.74, 6) is -1.59. The number of halogens is 1. The number of amides is 1. The number of rotatable bonds is 3. The molecule has 0 atom stereocenters. The van der Waals surface area contributed by atoms with Crippen molar-refractivity contribution in [3.05, 3.63) is 29.6 Å². The van der Waals surface area contributed by atoms with Crippen LogP contribution in [0.25, 0.3) is 0 Å². The van der Waals surface area contributed by atoms with Gasteiger partial charge in [-0.3, -0.25) is 9.63 Å². The van der Waals surface area contributed by atoms with Gasteiger partial charge >= 0.3 is 7.12 Å². The molecule has 15 heavy (non-hydrogen) atoms. The van der Waals surface area contributed by atoms with Crippen LogP contribution in [0.15, 0.2) is 18.2 Å². The molecule has 5 nitrogen and oxygen atoms in total. The molecule has 0 saturated carbocycles. The quantitative estimate of drug-likeness (QED) is 0.435. The highest BCUT2D eigenvalue weighted by atomic mass is 19.1. The van der Waals surface area contributed by atoms with Crippen LogP contribution in [0.4, 0.5) is 4.39 Å². The summed E-state index contributed by atoms with van der Waals surface area (Å²) in [6.45, 7) is 0. The SMILES string of the molecule is CONC(=O)c1ccc(B(O)O)cc1F. The van der Waals surface area contributed by atoms with Gasteiger partial charge in [0.15, 0.2) is 0 Å². The van der Waals surface area contributed by atoms with Crippen molar-refractivity contribution in [2.75, 3.05) is 7.11 Å². The topological polar surface area (TPSA) is 78.8 Å². The van der Waals surface area contributed by atoms with E-state index in [9.17, 15) is 9.18 Å². The number of hydroxylamine groups is 1. The Balaban J connectivity index is 2.98. The summed E-state index contributed by atoms with van der Waals surface area (Å²) in [6.07, 6.45) is 0. The van der Waals surface area contributed by atoms with Crippen molar-refractivity contribution < 1.29 is 24.1 Å². The molecule has 0 spiro atoms. The highest BCUT2D eigenvalue weighted by molar-refractivity contribution is 6.58. The molecule has 0 aliphatic heterocycles. The molecule has 0 aromatic heterocycles. The van der Waals surface area contributed by atoms with Gasteiger partial charge in [-0.2, -0.15) is 0 Å². The van der Waals surface area contributed by atoms with E-state index in [-0.39, 0.29) is 11.0 Å². The summed E-state index contributed by atoms with van der Waals surface area (Å²) in [5.41, 5.74) is 1.69. The molecule has 7 heteroatoms. The zero-order chi connectivity index (χ0) is 11.4. The third kappa shape index (κ3) is 2.75. The monoisotopic (exact) mass is 213 g/mol. The molecule has 0 heterocycles. The summed E-state index contributed by atoms with van der Waals surface area (Å²) >= 11 is 0. The Labute approximate surface area is 85.6 Å². The summed E-state index contributed by atoms with van der Waals surface area (Å²) in [4.78, 5) is 15.5. The Morgan fingerprint density at radius 2 is 2.20 bits per heavy atom. The van der Waals surface area contributed by atoms with E-state index in [0.29, 0.717) is 0 Å². The number of hydrogen-bond acceptors (Lipinski definition) is 4. The summed E-state index contributed by atoms with van der Waals surface area (Å²) in [5, 5.41) is 17.5. The Morgan fingerprint density at radius 3 is 2.67 bits per heavy atom. The zero-order valence-electron chi connectivity index (χ0n) is 7.90. The van der Waals surface area contributed by atoms with Gasteiger partial charge in [-0.25, -0.2) is 9.87 Å². The first kappa shape index (κ1) is 11.6. The lowest BCUT2D eigenvalue weighted by Crippen LogP contribution is -2.31. The lowest BCUT2D eigenvalue weighted by molar-refractivity contribution is 0.0533. The molecular weight excluding hydrogens is 204 g/mol. The molecule has 80 valence electrons. The van der Waals surface area contributed by atoms with E-state index in [0.717, 1.165) is 12.1 Å². The Kier molecular flexibility index (Phi) is 3.78. The lowest BCUT2D eigenvalue weighted by Gasteiger charge is -2.05. The number of carbonyl (C=O) groups is 1. The molecule has 3 N–H and O–H groups in total. The van der Waals surface area contributed by atoms with Crippen LogP contribution in [-0.2, 0) is 4.84 Å². The first-order valence-corrected chi connectivity index (χ1v) is 4.05. The van der Waals surface area contributed by atoms with Crippen molar-refractivity contribution in [3.63, 3.8) is 0 Å². The van der Waals surface area contributed by atoms with E-state index >= 15 is 0 Å². The molecule has 1 aromatic rings. The highest BCUT2D eigenvalue weighted by Crippen LogP contribution is 2.04. The standard InChI is InChI=1S/C8H9BFNO4/c1-15-11-8(12)6-3-2-5(9(13)14)4-7(6)10/h2-4,13-14H,1H3,(H,11,12). The van der Waals surface area contributed by atoms with Gasteiger partial charge in [0, 0.05) is 0 Å². The minimum absolute atomic E-state index is 0.0264. The fourth-order valence-corrected chi connectivity index (χ4v) is 1.02. The second-order valence-corrected chi connectivity index (χ2v) is 2.75. The van der Waals surface area contributed by atoms with Crippen LogP contribution in [0, 0.1) is 5.82 Å². The molecule has 0 unspecified atom stereocenters. The number of hydrogen-bond donors (Lipinski definition) is 3. The van der Waals surface area contributed by atoms with Gasteiger partial charge in [-0.15, -0.1) is 0 Å². The maximum atomic E-state index is 13.2. The van der Waals surface area contributed by atoms with E-state index in [1.165, 1.54) is 13.2 Å². The van der Waals surface area contributed by atoms with E-state index in [1.807, 2.05) is 5.48 Å². The summed E-state index contributed by atoms with van der Waals surface area (Å²) < 4.78 is 13.2. The predicted molar refractivity (Wildman–Crippen MR) is 50.7 cm³/mol.